The van der Waals surface area contributed by atoms with Crippen LogP contribution in [0.25, 0.3) is 10.2 Å². The predicted octanol–water partition coefficient (Wildman–Crippen LogP) is 2.56. The molecule has 0 unspecified atom stereocenters. The van der Waals surface area contributed by atoms with Crippen molar-refractivity contribution in [1.82, 2.24) is 14.5 Å². The van der Waals surface area contributed by atoms with Gasteiger partial charge in [0.15, 0.2) is 11.5 Å². The molecule has 2 aromatic carbocycles. The van der Waals surface area contributed by atoms with Crippen LogP contribution in [0.3, 0.4) is 0 Å². The van der Waals surface area contributed by atoms with E-state index in [1.165, 1.54) is 29.9 Å². The molecule has 37 heavy (non-hydrogen) atoms. The summed E-state index contributed by atoms with van der Waals surface area (Å²) in [6.07, 6.45) is 0.502. The fraction of sp³-hybridized carbons (Fsp3) is 0.240. The predicted molar refractivity (Wildman–Crippen MR) is 139 cm³/mol. The Hall–Kier alpha value is -4.45. The van der Waals surface area contributed by atoms with E-state index in [0.29, 0.717) is 33.7 Å². The number of hydrogen-bond acceptors (Lipinski definition) is 8. The van der Waals surface area contributed by atoms with Gasteiger partial charge < -0.3 is 14.8 Å². The van der Waals surface area contributed by atoms with Gasteiger partial charge >= 0.3 is 5.69 Å². The smallest absolute Gasteiger partial charge is 0.332 e. The van der Waals surface area contributed by atoms with Crippen molar-refractivity contribution in [2.75, 3.05) is 20.8 Å². The molecule has 0 saturated heterocycles. The molecule has 2 aromatic heterocycles. The van der Waals surface area contributed by atoms with E-state index in [1.54, 1.807) is 30.7 Å². The van der Waals surface area contributed by atoms with Gasteiger partial charge in [0, 0.05) is 18.7 Å². The quantitative estimate of drug-likeness (QED) is 0.249. The van der Waals surface area contributed by atoms with E-state index >= 15 is 0 Å². The largest absolute Gasteiger partial charge is 0.493 e. The van der Waals surface area contributed by atoms with Crippen LogP contribution >= 0.6 is 11.3 Å². The molecule has 0 fully saturated rings. The third-order valence-corrected chi connectivity index (χ3v) is 6.68. The molecule has 2 heterocycles. The number of nitrogens with zero attached hydrogens (tertiary/aromatic N) is 3. The van der Waals surface area contributed by atoms with Gasteiger partial charge in [-0.15, -0.1) is 11.3 Å². The standard InChI is InChI=1S/C25H24N4O7S/c1-35-20-7-6-16(13-21(20)36-2)8-10-26-22(30)15-28-24(31)23-19(9-11-37-23)27(25(28)32)14-17-4-3-5-18(12-17)29(33)34/h3-7,9,11-13H,8,10,14-15H2,1-2H3,(H,26,30). The topological polar surface area (TPSA) is 135 Å². The summed E-state index contributed by atoms with van der Waals surface area (Å²) in [5.74, 6) is 0.684. The highest BCUT2D eigenvalue weighted by Crippen LogP contribution is 2.27. The minimum atomic E-state index is -0.669. The number of hydrogen-bond donors (Lipinski definition) is 1. The van der Waals surface area contributed by atoms with Crippen molar-refractivity contribution in [1.29, 1.82) is 0 Å². The van der Waals surface area contributed by atoms with Gasteiger partial charge in [0.1, 0.15) is 11.2 Å². The van der Waals surface area contributed by atoms with Crippen molar-refractivity contribution >= 4 is 33.1 Å². The number of nitro benzene ring substituents is 1. The number of carbonyl (C=O) groups is 1. The van der Waals surface area contributed by atoms with Crippen molar-refractivity contribution in [3.63, 3.8) is 0 Å². The average molecular weight is 525 g/mol. The van der Waals surface area contributed by atoms with Gasteiger partial charge in [-0.2, -0.15) is 0 Å². The lowest BCUT2D eigenvalue weighted by molar-refractivity contribution is -0.384. The Bertz CT molecular complexity index is 1590. The summed E-state index contributed by atoms with van der Waals surface area (Å²) in [7, 11) is 3.09. The summed E-state index contributed by atoms with van der Waals surface area (Å²) in [6.45, 7) is -0.159. The number of methoxy groups -OCH3 is 2. The minimum absolute atomic E-state index is 0.00888. The molecule has 0 aliphatic carbocycles. The van der Waals surface area contributed by atoms with Crippen LogP contribution in [0.1, 0.15) is 11.1 Å². The first kappa shape index (κ1) is 25.6. The first-order chi connectivity index (χ1) is 17.8. The number of nitro groups is 1. The molecule has 4 aromatic rings. The lowest BCUT2D eigenvalue weighted by Gasteiger charge is -2.13. The number of aromatic nitrogens is 2. The van der Waals surface area contributed by atoms with Gasteiger partial charge in [0.2, 0.25) is 5.91 Å². The Labute approximate surface area is 214 Å². The molecule has 0 spiro atoms. The Morgan fingerprint density at radius 2 is 1.81 bits per heavy atom. The first-order valence-electron chi connectivity index (χ1n) is 11.2. The Balaban J connectivity index is 1.53. The van der Waals surface area contributed by atoms with Crippen molar-refractivity contribution in [3.05, 3.63) is 96.0 Å². The number of fused-ring (bicyclic) bond motifs is 1. The average Bonchev–Trinajstić information content (AvgIpc) is 3.39. The number of nitrogens with one attached hydrogen (secondary N) is 1. The summed E-state index contributed by atoms with van der Waals surface area (Å²) >= 11 is 1.16. The highest BCUT2D eigenvalue weighted by molar-refractivity contribution is 7.17. The Morgan fingerprint density at radius 3 is 2.54 bits per heavy atom. The van der Waals surface area contributed by atoms with E-state index < -0.39 is 28.6 Å². The Morgan fingerprint density at radius 1 is 1.03 bits per heavy atom. The van der Waals surface area contributed by atoms with E-state index in [-0.39, 0.29) is 18.8 Å². The molecule has 1 N–H and O–H groups in total. The number of rotatable bonds is 10. The molecule has 4 rings (SSSR count). The van der Waals surface area contributed by atoms with Gasteiger partial charge in [0.05, 0.1) is 31.2 Å². The van der Waals surface area contributed by atoms with Crippen molar-refractivity contribution in [2.24, 2.45) is 0 Å². The van der Waals surface area contributed by atoms with Gasteiger partial charge in [-0.1, -0.05) is 18.2 Å². The number of thiophene rings is 1. The molecule has 0 radical (unpaired) electrons. The third kappa shape index (κ3) is 5.54. The molecule has 192 valence electrons. The van der Waals surface area contributed by atoms with Crippen LogP contribution in [-0.4, -0.2) is 40.7 Å². The lowest BCUT2D eigenvalue weighted by atomic mass is 10.1. The van der Waals surface area contributed by atoms with Crippen LogP contribution in [0.15, 0.2) is 63.5 Å². The van der Waals surface area contributed by atoms with Gasteiger partial charge in [-0.3, -0.25) is 24.3 Å². The minimum Gasteiger partial charge on any atom is -0.493 e. The normalized spacial score (nSPS) is 10.9. The summed E-state index contributed by atoms with van der Waals surface area (Å²) in [4.78, 5) is 49.5. The second-order valence-corrected chi connectivity index (χ2v) is 9.03. The van der Waals surface area contributed by atoms with Crippen molar-refractivity contribution in [2.45, 2.75) is 19.5 Å². The second-order valence-electron chi connectivity index (χ2n) is 8.11. The maximum atomic E-state index is 13.3. The molecule has 12 heteroatoms. The van der Waals surface area contributed by atoms with Crippen molar-refractivity contribution < 1.29 is 19.2 Å². The molecular weight excluding hydrogens is 500 g/mol. The van der Waals surface area contributed by atoms with Gasteiger partial charge in [0.25, 0.3) is 11.2 Å². The summed E-state index contributed by atoms with van der Waals surface area (Å²) in [5.41, 5.74) is 0.520. The summed E-state index contributed by atoms with van der Waals surface area (Å²) in [6, 6.07) is 13.0. The number of carbonyl (C=O) groups excluding carboxylic acids is 1. The number of non-ortho nitro benzene ring substituents is 1. The van der Waals surface area contributed by atoms with Crippen LogP contribution < -0.4 is 26.0 Å². The monoisotopic (exact) mass is 524 g/mol. The molecule has 0 aliphatic heterocycles. The first-order valence-corrected chi connectivity index (χ1v) is 12.1. The van der Waals surface area contributed by atoms with Crippen LogP contribution in [0, 0.1) is 10.1 Å². The maximum Gasteiger partial charge on any atom is 0.332 e. The van der Waals surface area contributed by atoms with E-state index in [4.69, 9.17) is 9.47 Å². The maximum absolute atomic E-state index is 13.3. The number of benzene rings is 2. The Kier molecular flexibility index (Phi) is 7.68. The third-order valence-electron chi connectivity index (χ3n) is 5.78. The van der Waals surface area contributed by atoms with Gasteiger partial charge in [-0.25, -0.2) is 9.36 Å². The fourth-order valence-electron chi connectivity index (χ4n) is 3.96. The van der Waals surface area contributed by atoms with Crippen molar-refractivity contribution in [3.8, 4) is 11.5 Å². The van der Waals surface area contributed by atoms with Crippen LogP contribution in [0.2, 0.25) is 0 Å². The van der Waals surface area contributed by atoms with Crippen LogP contribution in [0.5, 0.6) is 11.5 Å². The van der Waals surface area contributed by atoms with E-state index in [0.717, 1.165) is 21.5 Å². The highest BCUT2D eigenvalue weighted by Gasteiger charge is 2.17. The summed E-state index contributed by atoms with van der Waals surface area (Å²) in [5, 5.41) is 15.6. The highest BCUT2D eigenvalue weighted by atomic mass is 32.1. The SMILES string of the molecule is COc1ccc(CCNC(=O)Cn2c(=O)c3sccc3n(Cc3cccc([N+](=O)[O-])c3)c2=O)cc1OC. The molecular formula is C25H24N4O7S. The van der Waals surface area contributed by atoms with E-state index in [2.05, 4.69) is 5.32 Å². The molecule has 0 saturated carbocycles. The van der Waals surface area contributed by atoms with Gasteiger partial charge in [-0.05, 0) is 41.1 Å². The molecule has 0 aliphatic rings. The molecule has 11 nitrogen and oxygen atoms in total. The fourth-order valence-corrected chi connectivity index (χ4v) is 4.80. The molecule has 1 amide bonds. The number of amides is 1. The van der Waals surface area contributed by atoms with Crippen LogP contribution in [0.4, 0.5) is 5.69 Å². The van der Waals surface area contributed by atoms with E-state index in [1.807, 2.05) is 12.1 Å². The number of ether oxygens (including phenoxy) is 2. The lowest BCUT2D eigenvalue weighted by Crippen LogP contribution is -2.43. The van der Waals surface area contributed by atoms with E-state index in [9.17, 15) is 24.5 Å². The zero-order chi connectivity index (χ0) is 26.5. The zero-order valence-electron chi connectivity index (χ0n) is 20.1. The zero-order valence-corrected chi connectivity index (χ0v) is 20.9. The second kappa shape index (κ2) is 11.1. The molecule has 0 bridgehead atoms. The summed E-state index contributed by atoms with van der Waals surface area (Å²) < 4.78 is 13.1. The molecule has 0 atom stereocenters. The van der Waals surface area contributed by atoms with Crippen LogP contribution in [-0.2, 0) is 24.3 Å².